The van der Waals surface area contributed by atoms with Crippen LogP contribution in [0.3, 0.4) is 0 Å². The van der Waals surface area contributed by atoms with E-state index in [0.717, 1.165) is 32.5 Å². The van der Waals surface area contributed by atoms with Crippen molar-refractivity contribution in [1.29, 1.82) is 0 Å². The van der Waals surface area contributed by atoms with E-state index in [4.69, 9.17) is 4.74 Å². The molecule has 1 aliphatic rings. The van der Waals surface area contributed by atoms with E-state index in [1.165, 1.54) is 19.3 Å². The summed E-state index contributed by atoms with van der Waals surface area (Å²) in [6, 6.07) is 0.543. The van der Waals surface area contributed by atoms with E-state index in [2.05, 4.69) is 24.5 Å². The zero-order valence-electron chi connectivity index (χ0n) is 12.8. The smallest absolute Gasteiger partial charge is 0.220 e. The van der Waals surface area contributed by atoms with E-state index in [9.17, 15) is 4.79 Å². The third-order valence-corrected chi connectivity index (χ3v) is 3.88. The molecule has 0 aromatic heterocycles. The van der Waals surface area contributed by atoms with Gasteiger partial charge >= 0.3 is 0 Å². The molecule has 0 saturated carbocycles. The zero-order valence-corrected chi connectivity index (χ0v) is 12.8. The van der Waals surface area contributed by atoms with Gasteiger partial charge < -0.3 is 15.4 Å². The van der Waals surface area contributed by atoms with Gasteiger partial charge in [0, 0.05) is 32.7 Å². The van der Waals surface area contributed by atoms with Gasteiger partial charge in [0.2, 0.25) is 5.91 Å². The van der Waals surface area contributed by atoms with Crippen molar-refractivity contribution in [2.45, 2.75) is 58.4 Å². The molecule has 1 heterocycles. The molecule has 0 aromatic rings. The van der Waals surface area contributed by atoms with Crippen molar-refractivity contribution in [3.05, 3.63) is 0 Å². The number of methoxy groups -OCH3 is 1. The Morgan fingerprint density at radius 2 is 2.21 bits per heavy atom. The summed E-state index contributed by atoms with van der Waals surface area (Å²) in [6.45, 7) is 6.91. The summed E-state index contributed by atoms with van der Waals surface area (Å²) in [4.78, 5) is 11.8. The van der Waals surface area contributed by atoms with E-state index >= 15 is 0 Å². The van der Waals surface area contributed by atoms with Crippen LogP contribution in [0.25, 0.3) is 0 Å². The van der Waals surface area contributed by atoms with Gasteiger partial charge in [-0.05, 0) is 37.6 Å². The van der Waals surface area contributed by atoms with E-state index in [1.54, 1.807) is 7.11 Å². The Labute approximate surface area is 117 Å². The van der Waals surface area contributed by atoms with Crippen LogP contribution in [0.4, 0.5) is 0 Å². The molecule has 0 spiro atoms. The molecule has 0 aliphatic carbocycles. The van der Waals surface area contributed by atoms with Crippen LogP contribution in [0, 0.1) is 5.41 Å². The van der Waals surface area contributed by atoms with Gasteiger partial charge in [0.05, 0.1) is 0 Å². The van der Waals surface area contributed by atoms with E-state index in [-0.39, 0.29) is 11.3 Å². The van der Waals surface area contributed by atoms with Gasteiger partial charge in [-0.15, -0.1) is 0 Å². The summed E-state index contributed by atoms with van der Waals surface area (Å²) < 4.78 is 5.09. The first-order chi connectivity index (χ1) is 9.03. The molecule has 112 valence electrons. The van der Waals surface area contributed by atoms with Gasteiger partial charge in [0.1, 0.15) is 0 Å². The molecule has 4 heteroatoms. The highest BCUT2D eigenvalue weighted by atomic mass is 16.5. The Morgan fingerprint density at radius 3 is 2.84 bits per heavy atom. The molecule has 0 aromatic carbocycles. The van der Waals surface area contributed by atoms with Gasteiger partial charge in [-0.25, -0.2) is 0 Å². The molecular formula is C15H30N2O2. The van der Waals surface area contributed by atoms with Crippen LogP contribution in [-0.4, -0.2) is 38.8 Å². The van der Waals surface area contributed by atoms with Crippen LogP contribution in [-0.2, 0) is 9.53 Å². The van der Waals surface area contributed by atoms with Gasteiger partial charge in [-0.1, -0.05) is 20.3 Å². The van der Waals surface area contributed by atoms with Crippen molar-refractivity contribution in [3.8, 4) is 0 Å². The Bertz CT molecular complexity index is 261. The number of piperidine rings is 1. The average Bonchev–Trinajstić information content (AvgIpc) is 2.42. The lowest BCUT2D eigenvalue weighted by atomic mass is 9.89. The number of ether oxygens (including phenoxy) is 1. The largest absolute Gasteiger partial charge is 0.385 e. The molecule has 1 aliphatic heterocycles. The molecule has 19 heavy (non-hydrogen) atoms. The predicted octanol–water partition coefficient (Wildman–Crippen LogP) is 2.09. The lowest BCUT2D eigenvalue weighted by molar-refractivity contribution is -0.121. The molecular weight excluding hydrogens is 240 g/mol. The van der Waals surface area contributed by atoms with Crippen molar-refractivity contribution in [2.75, 3.05) is 26.8 Å². The number of carbonyl (C=O) groups is 1. The van der Waals surface area contributed by atoms with Gasteiger partial charge in [0.25, 0.3) is 0 Å². The molecule has 1 fully saturated rings. The van der Waals surface area contributed by atoms with Crippen molar-refractivity contribution in [2.24, 2.45) is 5.41 Å². The second-order valence-electron chi connectivity index (χ2n) is 6.37. The summed E-state index contributed by atoms with van der Waals surface area (Å²) in [6.07, 6.45) is 6.35. The fourth-order valence-corrected chi connectivity index (χ4v) is 2.37. The minimum atomic E-state index is 0.106. The van der Waals surface area contributed by atoms with E-state index in [0.29, 0.717) is 12.5 Å². The number of hydrogen-bond donors (Lipinski definition) is 2. The van der Waals surface area contributed by atoms with Crippen molar-refractivity contribution in [1.82, 2.24) is 10.6 Å². The van der Waals surface area contributed by atoms with E-state index < -0.39 is 0 Å². The number of hydrogen-bond acceptors (Lipinski definition) is 3. The molecule has 1 atom stereocenters. The fraction of sp³-hybridized carbons (Fsp3) is 0.933. The molecule has 1 saturated heterocycles. The molecule has 0 bridgehead atoms. The number of carbonyl (C=O) groups excluding carboxylic acids is 1. The fourth-order valence-electron chi connectivity index (χ4n) is 2.37. The number of nitrogens with one attached hydrogen (secondary N) is 2. The first-order valence-electron chi connectivity index (χ1n) is 7.52. The Balaban J connectivity index is 2.12. The molecule has 1 amide bonds. The second-order valence-corrected chi connectivity index (χ2v) is 6.37. The van der Waals surface area contributed by atoms with Gasteiger partial charge in [0.15, 0.2) is 0 Å². The molecule has 1 rings (SSSR count). The third-order valence-electron chi connectivity index (χ3n) is 3.88. The normalized spacial score (nSPS) is 20.3. The molecule has 4 nitrogen and oxygen atoms in total. The summed E-state index contributed by atoms with van der Waals surface area (Å²) in [5, 5.41) is 6.53. The predicted molar refractivity (Wildman–Crippen MR) is 78.2 cm³/mol. The standard InChI is InChI=1S/C15H30N2O2/c1-15(2,9-11-19-3)12-17-14(18)8-7-13-6-4-5-10-16-13/h13,16H,4-12H2,1-3H3,(H,17,18). The maximum absolute atomic E-state index is 11.8. The Hall–Kier alpha value is -0.610. The minimum absolute atomic E-state index is 0.106. The Kier molecular flexibility index (Phi) is 7.39. The summed E-state index contributed by atoms with van der Waals surface area (Å²) in [7, 11) is 1.71. The highest BCUT2D eigenvalue weighted by Crippen LogP contribution is 2.19. The molecule has 2 N–H and O–H groups in total. The van der Waals surface area contributed by atoms with Crippen molar-refractivity contribution in [3.63, 3.8) is 0 Å². The summed E-state index contributed by atoms with van der Waals surface area (Å²) in [5.74, 6) is 0.179. The highest BCUT2D eigenvalue weighted by Gasteiger charge is 2.19. The Morgan fingerprint density at radius 1 is 1.42 bits per heavy atom. The first kappa shape index (κ1) is 16.4. The average molecular weight is 270 g/mol. The number of amides is 1. The van der Waals surface area contributed by atoms with Crippen LogP contribution in [0.2, 0.25) is 0 Å². The van der Waals surface area contributed by atoms with Crippen LogP contribution in [0.1, 0.15) is 52.4 Å². The van der Waals surface area contributed by atoms with Crippen LogP contribution in [0.15, 0.2) is 0 Å². The van der Waals surface area contributed by atoms with Crippen LogP contribution in [0.5, 0.6) is 0 Å². The van der Waals surface area contributed by atoms with Crippen LogP contribution < -0.4 is 10.6 Å². The number of rotatable bonds is 8. The SMILES string of the molecule is COCCC(C)(C)CNC(=O)CCC1CCCCN1. The highest BCUT2D eigenvalue weighted by molar-refractivity contribution is 5.75. The van der Waals surface area contributed by atoms with Crippen LogP contribution >= 0.6 is 0 Å². The van der Waals surface area contributed by atoms with E-state index in [1.807, 2.05) is 0 Å². The van der Waals surface area contributed by atoms with Gasteiger partial charge in [-0.2, -0.15) is 0 Å². The van der Waals surface area contributed by atoms with Crippen molar-refractivity contribution < 1.29 is 9.53 Å². The summed E-state index contributed by atoms with van der Waals surface area (Å²) >= 11 is 0. The lowest BCUT2D eigenvalue weighted by Crippen LogP contribution is -2.37. The monoisotopic (exact) mass is 270 g/mol. The topological polar surface area (TPSA) is 50.4 Å². The first-order valence-corrected chi connectivity index (χ1v) is 7.52. The maximum atomic E-state index is 11.8. The maximum Gasteiger partial charge on any atom is 0.220 e. The molecule has 0 radical (unpaired) electrons. The van der Waals surface area contributed by atoms with Crippen molar-refractivity contribution >= 4 is 5.91 Å². The third kappa shape index (κ3) is 7.53. The lowest BCUT2D eigenvalue weighted by Gasteiger charge is -2.25. The summed E-state index contributed by atoms with van der Waals surface area (Å²) in [5.41, 5.74) is 0.106. The zero-order chi connectivity index (χ0) is 14.1. The van der Waals surface area contributed by atoms with Gasteiger partial charge in [-0.3, -0.25) is 4.79 Å². The quantitative estimate of drug-likeness (QED) is 0.710. The molecule has 1 unspecified atom stereocenters. The second kappa shape index (κ2) is 8.54. The minimum Gasteiger partial charge on any atom is -0.385 e.